The van der Waals surface area contributed by atoms with Crippen LogP contribution in [0.5, 0.6) is 17.2 Å². The number of hydrogen-bond donors (Lipinski definition) is 0. The Morgan fingerprint density at radius 1 is 0.694 bits per heavy atom. The van der Waals surface area contributed by atoms with Crippen molar-refractivity contribution in [2.45, 2.75) is 19.3 Å². The van der Waals surface area contributed by atoms with Crippen molar-refractivity contribution in [1.82, 2.24) is 4.90 Å². The number of methoxy groups -OCH3 is 2. The van der Waals surface area contributed by atoms with Gasteiger partial charge < -0.3 is 14.2 Å². The molecular formula is C31H34ClNO3. The van der Waals surface area contributed by atoms with Gasteiger partial charge in [0.15, 0.2) is 0 Å². The molecule has 0 aliphatic carbocycles. The Bertz CT molecular complexity index is 1280. The number of fused-ring (bicyclic) bond motifs is 1. The molecule has 0 bridgehead atoms. The first-order valence-corrected chi connectivity index (χ1v) is 12.5. The van der Waals surface area contributed by atoms with Gasteiger partial charge in [-0.3, -0.25) is 4.90 Å². The van der Waals surface area contributed by atoms with Crippen molar-refractivity contribution < 1.29 is 14.2 Å². The zero-order valence-electron chi connectivity index (χ0n) is 21.0. The lowest BCUT2D eigenvalue weighted by Gasteiger charge is -2.26. The van der Waals surface area contributed by atoms with E-state index >= 15 is 0 Å². The summed E-state index contributed by atoms with van der Waals surface area (Å²) in [5.41, 5.74) is 4.66. The van der Waals surface area contributed by atoms with Crippen molar-refractivity contribution in [1.29, 1.82) is 0 Å². The molecule has 4 nitrogen and oxygen atoms in total. The van der Waals surface area contributed by atoms with Gasteiger partial charge in [-0.25, -0.2) is 0 Å². The van der Waals surface area contributed by atoms with Crippen LogP contribution in [0.2, 0.25) is 0 Å². The number of nitrogens with zero attached hydrogens (tertiary/aromatic N) is 1. The molecule has 1 heterocycles. The van der Waals surface area contributed by atoms with E-state index in [0.717, 1.165) is 40.3 Å². The lowest BCUT2D eigenvalue weighted by molar-refractivity contribution is 0.183. The fraction of sp³-hybridized carbons (Fsp3) is 0.290. The normalized spacial score (nSPS) is 13.7. The highest BCUT2D eigenvalue weighted by Crippen LogP contribution is 2.40. The third-order valence-corrected chi connectivity index (χ3v) is 6.88. The van der Waals surface area contributed by atoms with Gasteiger partial charge in [-0.1, -0.05) is 48.9 Å². The Morgan fingerprint density at radius 2 is 1.44 bits per heavy atom. The second-order valence-electron chi connectivity index (χ2n) is 9.08. The Balaban J connectivity index is 0.00000304. The van der Waals surface area contributed by atoms with Gasteiger partial charge in [-0.2, -0.15) is 0 Å². The van der Waals surface area contributed by atoms with Crippen LogP contribution in [0.25, 0.3) is 33.0 Å². The highest BCUT2D eigenvalue weighted by molar-refractivity contribution is 6.04. The van der Waals surface area contributed by atoms with E-state index in [9.17, 15) is 0 Å². The minimum absolute atomic E-state index is 0. The first kappa shape index (κ1) is 25.9. The summed E-state index contributed by atoms with van der Waals surface area (Å²) < 4.78 is 17.1. The summed E-state index contributed by atoms with van der Waals surface area (Å²) in [6.07, 6.45) is 3.96. The number of ether oxygens (including phenoxy) is 3. The molecule has 5 heteroatoms. The third kappa shape index (κ3) is 5.77. The number of hydrogen-bond acceptors (Lipinski definition) is 4. The van der Waals surface area contributed by atoms with Crippen molar-refractivity contribution in [3.8, 4) is 39.5 Å². The van der Waals surface area contributed by atoms with Crippen LogP contribution in [0, 0.1) is 0 Å². The maximum atomic E-state index is 6.22. The van der Waals surface area contributed by atoms with Gasteiger partial charge in [0.05, 0.1) is 14.2 Å². The van der Waals surface area contributed by atoms with Crippen LogP contribution < -0.4 is 14.2 Å². The maximum Gasteiger partial charge on any atom is 0.119 e. The number of likely N-dealkylation sites (tertiary alicyclic amines) is 1. The van der Waals surface area contributed by atoms with Crippen LogP contribution in [0.1, 0.15) is 19.3 Å². The van der Waals surface area contributed by atoms with Crippen LogP contribution in [0.15, 0.2) is 78.9 Å². The van der Waals surface area contributed by atoms with Crippen molar-refractivity contribution >= 4 is 23.2 Å². The molecule has 188 valence electrons. The van der Waals surface area contributed by atoms with E-state index in [1.165, 1.54) is 48.9 Å². The predicted molar refractivity (Wildman–Crippen MR) is 151 cm³/mol. The van der Waals surface area contributed by atoms with E-state index in [2.05, 4.69) is 65.6 Å². The van der Waals surface area contributed by atoms with E-state index in [4.69, 9.17) is 14.2 Å². The highest BCUT2D eigenvalue weighted by Gasteiger charge is 2.14. The first-order chi connectivity index (χ1) is 17.2. The summed E-state index contributed by atoms with van der Waals surface area (Å²) in [4.78, 5) is 2.51. The van der Waals surface area contributed by atoms with Gasteiger partial charge >= 0.3 is 0 Å². The quantitative estimate of drug-likeness (QED) is 0.249. The molecule has 0 radical (unpaired) electrons. The monoisotopic (exact) mass is 503 g/mol. The molecule has 4 aromatic rings. The third-order valence-electron chi connectivity index (χ3n) is 6.88. The SMILES string of the molecule is COc1ccc(-c2ccc3cc(OC)ccc3c2-c2cccc(OCCN3CCCCC3)c2)cc1.Cl. The molecule has 0 unspecified atom stereocenters. The van der Waals surface area contributed by atoms with Crippen molar-refractivity contribution in [3.05, 3.63) is 78.9 Å². The van der Waals surface area contributed by atoms with Crippen LogP contribution >= 0.6 is 12.4 Å². The lowest BCUT2D eigenvalue weighted by atomic mass is 9.89. The molecule has 0 spiro atoms. The molecule has 0 saturated carbocycles. The summed E-state index contributed by atoms with van der Waals surface area (Å²) >= 11 is 0. The molecule has 0 amide bonds. The number of piperidine rings is 1. The molecule has 1 saturated heterocycles. The molecular weight excluding hydrogens is 470 g/mol. The number of halogens is 1. The Labute approximate surface area is 220 Å². The summed E-state index contributed by atoms with van der Waals surface area (Å²) in [5, 5.41) is 2.33. The Morgan fingerprint density at radius 3 is 2.19 bits per heavy atom. The number of benzene rings is 4. The fourth-order valence-corrected chi connectivity index (χ4v) is 4.97. The zero-order chi connectivity index (χ0) is 24.0. The average molecular weight is 504 g/mol. The summed E-state index contributed by atoms with van der Waals surface area (Å²) in [6.45, 7) is 4.07. The molecule has 0 N–H and O–H groups in total. The Hall–Kier alpha value is -3.21. The Kier molecular flexibility index (Phi) is 8.74. The summed E-state index contributed by atoms with van der Waals surface area (Å²) in [5.74, 6) is 2.62. The summed E-state index contributed by atoms with van der Waals surface area (Å²) in [7, 11) is 3.40. The zero-order valence-corrected chi connectivity index (χ0v) is 21.9. The second-order valence-corrected chi connectivity index (χ2v) is 9.08. The molecule has 1 aliphatic heterocycles. The van der Waals surface area contributed by atoms with E-state index in [1.807, 2.05) is 18.2 Å². The average Bonchev–Trinajstić information content (AvgIpc) is 2.93. The molecule has 0 atom stereocenters. The first-order valence-electron chi connectivity index (χ1n) is 12.5. The van der Waals surface area contributed by atoms with E-state index in [-0.39, 0.29) is 12.4 Å². The van der Waals surface area contributed by atoms with Crippen LogP contribution in [0.4, 0.5) is 0 Å². The van der Waals surface area contributed by atoms with Gasteiger partial charge in [0.25, 0.3) is 0 Å². The highest BCUT2D eigenvalue weighted by atomic mass is 35.5. The molecule has 5 rings (SSSR count). The molecule has 4 aromatic carbocycles. The van der Waals surface area contributed by atoms with Crippen molar-refractivity contribution in [2.24, 2.45) is 0 Å². The van der Waals surface area contributed by atoms with Gasteiger partial charge in [0.1, 0.15) is 23.9 Å². The molecule has 0 aromatic heterocycles. The van der Waals surface area contributed by atoms with E-state index in [1.54, 1.807) is 14.2 Å². The molecule has 1 fully saturated rings. The molecule has 36 heavy (non-hydrogen) atoms. The largest absolute Gasteiger partial charge is 0.497 e. The van der Waals surface area contributed by atoms with Crippen LogP contribution in [0.3, 0.4) is 0 Å². The number of rotatable bonds is 8. The van der Waals surface area contributed by atoms with Gasteiger partial charge in [0, 0.05) is 6.54 Å². The van der Waals surface area contributed by atoms with E-state index < -0.39 is 0 Å². The summed E-state index contributed by atoms with van der Waals surface area (Å²) in [6, 6.07) is 27.4. The van der Waals surface area contributed by atoms with Crippen molar-refractivity contribution in [3.63, 3.8) is 0 Å². The minimum atomic E-state index is 0. The van der Waals surface area contributed by atoms with Crippen LogP contribution in [-0.2, 0) is 0 Å². The van der Waals surface area contributed by atoms with E-state index in [0.29, 0.717) is 6.61 Å². The topological polar surface area (TPSA) is 30.9 Å². The van der Waals surface area contributed by atoms with Crippen molar-refractivity contribution in [2.75, 3.05) is 40.5 Å². The second kappa shape index (κ2) is 12.2. The predicted octanol–water partition coefficient (Wildman–Crippen LogP) is 7.48. The standard InChI is InChI=1S/C31H33NO3.ClH/c1-33-26-12-9-23(10-13-26)29-15-11-24-21-27(34-2)14-16-30(24)31(29)25-7-6-8-28(22-25)35-20-19-32-17-4-3-5-18-32;/h6-16,21-22H,3-5,17-20H2,1-2H3;1H. The fourth-order valence-electron chi connectivity index (χ4n) is 4.97. The maximum absolute atomic E-state index is 6.22. The van der Waals surface area contributed by atoms with Gasteiger partial charge in [-0.15, -0.1) is 12.4 Å². The van der Waals surface area contributed by atoms with Gasteiger partial charge in [0.2, 0.25) is 0 Å². The molecule has 1 aliphatic rings. The smallest absolute Gasteiger partial charge is 0.119 e. The minimum Gasteiger partial charge on any atom is -0.497 e. The van der Waals surface area contributed by atoms with Crippen LogP contribution in [-0.4, -0.2) is 45.4 Å². The van der Waals surface area contributed by atoms with Gasteiger partial charge in [-0.05, 0) is 95.4 Å². The lowest BCUT2D eigenvalue weighted by Crippen LogP contribution is -2.33.